The number of unbranched alkanes of at least 4 members (excludes halogenated alkanes) is 1. The molecule has 0 atom stereocenters. The number of carbonyl (C=O) groups is 1. The summed E-state index contributed by atoms with van der Waals surface area (Å²) in [5.74, 6) is 0.869. The Hall–Kier alpha value is -2.22. The second-order valence-electron chi connectivity index (χ2n) is 5.12. The summed E-state index contributed by atoms with van der Waals surface area (Å²) in [6, 6.07) is 9.44. The van der Waals surface area contributed by atoms with Gasteiger partial charge in [-0.05, 0) is 18.6 Å². The number of nitrogens with one attached hydrogen (secondary N) is 2. The van der Waals surface area contributed by atoms with Crippen LogP contribution in [-0.2, 0) is 11.3 Å². The number of nitrogens with zero attached hydrogens (tertiary/aromatic N) is 2. The molecular formula is C16H22N4O3S. The molecule has 1 heterocycles. The first-order chi connectivity index (χ1) is 11.7. The van der Waals surface area contributed by atoms with Gasteiger partial charge in [0.25, 0.3) is 0 Å². The van der Waals surface area contributed by atoms with Crippen LogP contribution in [-0.4, -0.2) is 39.6 Å². The van der Waals surface area contributed by atoms with Crippen molar-refractivity contribution in [1.82, 2.24) is 20.1 Å². The Morgan fingerprint density at radius 3 is 2.92 bits per heavy atom. The highest BCUT2D eigenvalue weighted by atomic mass is 32.2. The topological polar surface area (TPSA) is 89.0 Å². The van der Waals surface area contributed by atoms with Gasteiger partial charge in [-0.15, -0.1) is 5.10 Å². The molecule has 0 unspecified atom stereocenters. The SMILES string of the molecule is CCCCn1c(SCC(=O)NCCOc2ccccc2)n[nH]c1=O. The average Bonchev–Trinajstić information content (AvgIpc) is 2.96. The van der Waals surface area contributed by atoms with Gasteiger partial charge in [0.1, 0.15) is 12.4 Å². The van der Waals surface area contributed by atoms with E-state index in [9.17, 15) is 9.59 Å². The van der Waals surface area contributed by atoms with Crippen molar-refractivity contribution in [2.75, 3.05) is 18.9 Å². The van der Waals surface area contributed by atoms with E-state index in [0.29, 0.717) is 24.9 Å². The van der Waals surface area contributed by atoms with Crippen molar-refractivity contribution in [2.24, 2.45) is 0 Å². The Morgan fingerprint density at radius 1 is 1.38 bits per heavy atom. The highest BCUT2D eigenvalue weighted by Crippen LogP contribution is 2.13. The van der Waals surface area contributed by atoms with Gasteiger partial charge in [0.2, 0.25) is 5.91 Å². The van der Waals surface area contributed by atoms with Gasteiger partial charge in [-0.2, -0.15) is 0 Å². The van der Waals surface area contributed by atoms with E-state index in [0.717, 1.165) is 18.6 Å². The summed E-state index contributed by atoms with van der Waals surface area (Å²) >= 11 is 1.25. The highest BCUT2D eigenvalue weighted by Gasteiger charge is 2.10. The van der Waals surface area contributed by atoms with Gasteiger partial charge < -0.3 is 10.1 Å². The summed E-state index contributed by atoms with van der Waals surface area (Å²) in [7, 11) is 0. The monoisotopic (exact) mass is 350 g/mol. The lowest BCUT2D eigenvalue weighted by atomic mass is 10.3. The largest absolute Gasteiger partial charge is 0.492 e. The molecule has 1 amide bonds. The minimum Gasteiger partial charge on any atom is -0.492 e. The van der Waals surface area contributed by atoms with Crippen LogP contribution in [0.5, 0.6) is 5.75 Å². The minimum absolute atomic E-state index is 0.117. The van der Waals surface area contributed by atoms with E-state index >= 15 is 0 Å². The number of ether oxygens (including phenoxy) is 1. The maximum absolute atomic E-state index is 11.8. The van der Waals surface area contributed by atoms with E-state index in [2.05, 4.69) is 22.4 Å². The number of aromatic amines is 1. The number of hydrogen-bond donors (Lipinski definition) is 2. The van der Waals surface area contributed by atoms with Crippen molar-refractivity contribution < 1.29 is 9.53 Å². The molecule has 8 heteroatoms. The number of rotatable bonds is 10. The number of thioether (sulfide) groups is 1. The zero-order chi connectivity index (χ0) is 17.2. The zero-order valence-electron chi connectivity index (χ0n) is 13.7. The smallest absolute Gasteiger partial charge is 0.343 e. The van der Waals surface area contributed by atoms with Gasteiger partial charge in [-0.3, -0.25) is 9.36 Å². The molecule has 2 rings (SSSR count). The van der Waals surface area contributed by atoms with Gasteiger partial charge in [-0.1, -0.05) is 43.3 Å². The number of amides is 1. The summed E-state index contributed by atoms with van der Waals surface area (Å²) in [6.07, 6.45) is 1.89. The first-order valence-corrected chi connectivity index (χ1v) is 8.91. The molecule has 0 fully saturated rings. The molecule has 130 valence electrons. The highest BCUT2D eigenvalue weighted by molar-refractivity contribution is 7.99. The second-order valence-corrected chi connectivity index (χ2v) is 6.06. The molecule has 0 radical (unpaired) electrons. The van der Waals surface area contributed by atoms with Crippen molar-refractivity contribution in [3.8, 4) is 5.75 Å². The molecule has 0 spiro atoms. The van der Waals surface area contributed by atoms with Crippen molar-refractivity contribution in [2.45, 2.75) is 31.5 Å². The Kier molecular flexibility index (Phi) is 7.41. The lowest BCUT2D eigenvalue weighted by Crippen LogP contribution is -2.29. The predicted molar refractivity (Wildman–Crippen MR) is 93.4 cm³/mol. The fourth-order valence-corrected chi connectivity index (χ4v) is 2.79. The predicted octanol–water partition coefficient (Wildman–Crippen LogP) is 1.66. The van der Waals surface area contributed by atoms with E-state index in [1.807, 2.05) is 30.3 Å². The molecule has 0 saturated heterocycles. The molecule has 0 aliphatic heterocycles. The summed E-state index contributed by atoms with van der Waals surface area (Å²) in [5.41, 5.74) is -0.234. The zero-order valence-corrected chi connectivity index (χ0v) is 14.5. The summed E-state index contributed by atoms with van der Waals surface area (Å²) < 4.78 is 7.07. The van der Waals surface area contributed by atoms with Crippen LogP contribution >= 0.6 is 11.8 Å². The summed E-state index contributed by atoms with van der Waals surface area (Å²) in [6.45, 7) is 3.51. The fraction of sp³-hybridized carbons (Fsp3) is 0.438. The molecular weight excluding hydrogens is 328 g/mol. The molecule has 1 aromatic carbocycles. The van der Waals surface area contributed by atoms with Crippen LogP contribution in [0.3, 0.4) is 0 Å². The van der Waals surface area contributed by atoms with Crippen molar-refractivity contribution in [1.29, 1.82) is 0 Å². The molecule has 7 nitrogen and oxygen atoms in total. The lowest BCUT2D eigenvalue weighted by molar-refractivity contribution is -0.118. The third-order valence-corrected chi connectivity index (χ3v) is 4.20. The molecule has 1 aromatic heterocycles. The van der Waals surface area contributed by atoms with Crippen molar-refractivity contribution in [3.63, 3.8) is 0 Å². The number of benzene rings is 1. The van der Waals surface area contributed by atoms with Gasteiger partial charge >= 0.3 is 5.69 Å². The molecule has 2 aromatic rings. The maximum Gasteiger partial charge on any atom is 0.343 e. The number of hydrogen-bond acceptors (Lipinski definition) is 5. The first kappa shape index (κ1) is 18.1. The third kappa shape index (κ3) is 5.77. The maximum atomic E-state index is 11.8. The van der Waals surface area contributed by atoms with Crippen LogP contribution in [0.2, 0.25) is 0 Å². The Labute approximate surface area is 144 Å². The molecule has 0 aliphatic carbocycles. The van der Waals surface area contributed by atoms with Gasteiger partial charge in [0.05, 0.1) is 12.3 Å². The third-order valence-electron chi connectivity index (χ3n) is 3.23. The van der Waals surface area contributed by atoms with Crippen molar-refractivity contribution in [3.05, 3.63) is 40.8 Å². The van der Waals surface area contributed by atoms with Crippen LogP contribution in [0.25, 0.3) is 0 Å². The average molecular weight is 350 g/mol. The second kappa shape index (κ2) is 9.82. The van der Waals surface area contributed by atoms with Gasteiger partial charge in [-0.25, -0.2) is 9.89 Å². The normalized spacial score (nSPS) is 10.5. The molecule has 0 saturated carbocycles. The molecule has 2 N–H and O–H groups in total. The van der Waals surface area contributed by atoms with E-state index in [4.69, 9.17) is 4.74 Å². The van der Waals surface area contributed by atoms with Crippen LogP contribution in [0.15, 0.2) is 40.3 Å². The van der Waals surface area contributed by atoms with Crippen LogP contribution in [0.1, 0.15) is 19.8 Å². The lowest BCUT2D eigenvalue weighted by Gasteiger charge is -2.08. The Balaban J connectivity index is 1.69. The number of para-hydroxylation sites is 1. The number of H-pyrrole nitrogens is 1. The van der Waals surface area contributed by atoms with Crippen LogP contribution in [0.4, 0.5) is 0 Å². The summed E-state index contributed by atoms with van der Waals surface area (Å²) in [5, 5.41) is 9.71. The van der Waals surface area contributed by atoms with Gasteiger partial charge in [0.15, 0.2) is 5.16 Å². The Morgan fingerprint density at radius 2 is 2.17 bits per heavy atom. The Bertz CT molecular complexity index is 684. The molecule has 0 bridgehead atoms. The summed E-state index contributed by atoms with van der Waals surface area (Å²) in [4.78, 5) is 23.5. The van der Waals surface area contributed by atoms with Crippen LogP contribution < -0.4 is 15.7 Å². The minimum atomic E-state index is -0.234. The van der Waals surface area contributed by atoms with E-state index in [-0.39, 0.29) is 17.3 Å². The molecule has 24 heavy (non-hydrogen) atoms. The van der Waals surface area contributed by atoms with E-state index in [1.165, 1.54) is 11.8 Å². The number of aromatic nitrogens is 3. The molecule has 0 aliphatic rings. The quantitative estimate of drug-likeness (QED) is 0.502. The van der Waals surface area contributed by atoms with E-state index in [1.54, 1.807) is 4.57 Å². The van der Waals surface area contributed by atoms with Gasteiger partial charge in [0, 0.05) is 6.54 Å². The fourth-order valence-electron chi connectivity index (χ4n) is 1.98. The first-order valence-electron chi connectivity index (χ1n) is 7.93. The number of carbonyl (C=O) groups excluding carboxylic acids is 1. The standard InChI is InChI=1S/C16H22N4O3S/c1-2-3-10-20-15(22)18-19-16(20)24-12-14(21)17-9-11-23-13-7-5-4-6-8-13/h4-8H,2-3,9-12H2,1H3,(H,17,21)(H,18,22). The van der Waals surface area contributed by atoms with Crippen LogP contribution in [0, 0.1) is 0 Å². The van der Waals surface area contributed by atoms with Crippen molar-refractivity contribution >= 4 is 17.7 Å². The van der Waals surface area contributed by atoms with E-state index < -0.39 is 0 Å².